The van der Waals surface area contributed by atoms with Crippen molar-refractivity contribution in [2.45, 2.75) is 25.7 Å². The molecular weight excluding hydrogens is 342 g/mol. The Morgan fingerprint density at radius 2 is 2.00 bits per heavy atom. The first kappa shape index (κ1) is 16.4. The van der Waals surface area contributed by atoms with Crippen LogP contribution in [0.4, 0.5) is 0 Å². The Balaban J connectivity index is 1.80. The average Bonchev–Trinajstić information content (AvgIpc) is 3.21. The maximum absolute atomic E-state index is 12.6. The predicted octanol–water partition coefficient (Wildman–Crippen LogP) is 0.645. The Morgan fingerprint density at radius 1 is 1.24 bits per heavy atom. The number of aryl methyl sites for hydroxylation is 2. The maximum atomic E-state index is 12.6. The number of thiophene rings is 1. The van der Waals surface area contributed by atoms with Crippen molar-refractivity contribution in [3.05, 3.63) is 22.6 Å². The molecule has 3 aromatic heterocycles. The first-order chi connectivity index (χ1) is 12.2. The van der Waals surface area contributed by atoms with Gasteiger partial charge >= 0.3 is 0 Å². The molecule has 1 amide bonds. The van der Waals surface area contributed by atoms with Crippen molar-refractivity contribution >= 4 is 33.1 Å². The lowest BCUT2D eigenvalue weighted by molar-refractivity contribution is 0.0673. The van der Waals surface area contributed by atoms with Crippen LogP contribution in [-0.2, 0) is 12.8 Å². The number of rotatable bonds is 5. The third-order valence-electron chi connectivity index (χ3n) is 4.51. The molecule has 9 heteroatoms. The molecule has 8 nitrogen and oxygen atoms in total. The normalized spacial score (nSPS) is 14.2. The van der Waals surface area contributed by atoms with Gasteiger partial charge < -0.3 is 15.1 Å². The van der Waals surface area contributed by atoms with Crippen molar-refractivity contribution in [3.63, 3.8) is 0 Å². The Labute approximate surface area is 147 Å². The molecule has 25 heavy (non-hydrogen) atoms. The van der Waals surface area contributed by atoms with Crippen LogP contribution in [0.3, 0.4) is 0 Å². The lowest BCUT2D eigenvalue weighted by Crippen LogP contribution is -2.36. The molecule has 0 saturated carbocycles. The van der Waals surface area contributed by atoms with E-state index in [9.17, 15) is 4.79 Å². The number of nitrogens with zero attached hydrogens (tertiary/aromatic N) is 5. The second-order valence-corrected chi connectivity index (χ2v) is 7.16. The van der Waals surface area contributed by atoms with Crippen LogP contribution in [0.5, 0.6) is 0 Å². The molecule has 3 aromatic rings. The van der Waals surface area contributed by atoms with Gasteiger partial charge in [-0.2, -0.15) is 0 Å². The largest absolute Gasteiger partial charge is 0.395 e. The van der Waals surface area contributed by atoms with Crippen LogP contribution < -0.4 is 0 Å². The highest BCUT2D eigenvalue weighted by molar-refractivity contribution is 7.19. The first-order valence-electron chi connectivity index (χ1n) is 8.39. The molecule has 0 saturated heterocycles. The summed E-state index contributed by atoms with van der Waals surface area (Å²) >= 11 is 1.70. The molecule has 0 radical (unpaired) electrons. The molecule has 0 aromatic carbocycles. The molecule has 0 bridgehead atoms. The highest BCUT2D eigenvalue weighted by atomic mass is 32.1. The zero-order valence-electron chi connectivity index (χ0n) is 13.7. The third-order valence-corrected chi connectivity index (χ3v) is 5.71. The fraction of sp³-hybridized carbons (Fsp3) is 0.500. The summed E-state index contributed by atoms with van der Waals surface area (Å²) < 4.78 is 1.55. The molecule has 0 unspecified atom stereocenters. The number of aliphatic hydroxyl groups is 2. The fourth-order valence-electron chi connectivity index (χ4n) is 3.34. The second kappa shape index (κ2) is 6.66. The summed E-state index contributed by atoms with van der Waals surface area (Å²) in [6.07, 6.45) is 6.02. The fourth-order valence-corrected chi connectivity index (χ4v) is 4.57. The van der Waals surface area contributed by atoms with Crippen molar-refractivity contribution in [2.75, 3.05) is 26.3 Å². The SMILES string of the molecule is O=C(c1nc2c3c4c(sc3ncn2n1)CCCC4)N(CCO)CCO. The van der Waals surface area contributed by atoms with E-state index in [4.69, 9.17) is 10.2 Å². The topological polar surface area (TPSA) is 104 Å². The van der Waals surface area contributed by atoms with Gasteiger partial charge in [-0.1, -0.05) is 0 Å². The molecule has 0 atom stereocenters. The molecule has 1 aliphatic rings. The van der Waals surface area contributed by atoms with Crippen molar-refractivity contribution in [2.24, 2.45) is 0 Å². The van der Waals surface area contributed by atoms with E-state index in [0.29, 0.717) is 5.65 Å². The maximum Gasteiger partial charge on any atom is 0.293 e. The van der Waals surface area contributed by atoms with Gasteiger partial charge in [-0.05, 0) is 31.2 Å². The van der Waals surface area contributed by atoms with Crippen LogP contribution in [0.25, 0.3) is 15.9 Å². The molecule has 1 aliphatic carbocycles. The monoisotopic (exact) mass is 361 g/mol. The minimum Gasteiger partial charge on any atom is -0.395 e. The van der Waals surface area contributed by atoms with Crippen molar-refractivity contribution in [3.8, 4) is 0 Å². The highest BCUT2D eigenvalue weighted by Gasteiger charge is 2.24. The van der Waals surface area contributed by atoms with Crippen LogP contribution in [0.2, 0.25) is 0 Å². The molecule has 4 rings (SSSR count). The molecule has 0 aliphatic heterocycles. The number of amides is 1. The summed E-state index contributed by atoms with van der Waals surface area (Å²) in [6.45, 7) is -0.0845. The van der Waals surface area contributed by atoms with Crippen LogP contribution in [0.15, 0.2) is 6.33 Å². The summed E-state index contributed by atoms with van der Waals surface area (Å²) in [5.41, 5.74) is 1.94. The number of hydrogen-bond donors (Lipinski definition) is 2. The smallest absolute Gasteiger partial charge is 0.293 e. The van der Waals surface area contributed by atoms with Gasteiger partial charge in [-0.25, -0.2) is 14.5 Å². The van der Waals surface area contributed by atoms with Gasteiger partial charge in [0.05, 0.1) is 18.6 Å². The Kier molecular flexibility index (Phi) is 4.36. The predicted molar refractivity (Wildman–Crippen MR) is 92.9 cm³/mol. The van der Waals surface area contributed by atoms with Crippen LogP contribution >= 0.6 is 11.3 Å². The van der Waals surface area contributed by atoms with E-state index in [1.807, 2.05) is 0 Å². The average molecular weight is 361 g/mol. The Bertz CT molecular complexity index is 929. The van der Waals surface area contributed by atoms with Crippen LogP contribution in [0.1, 0.15) is 33.9 Å². The van der Waals surface area contributed by atoms with Gasteiger partial charge in [0, 0.05) is 18.0 Å². The van der Waals surface area contributed by atoms with E-state index in [2.05, 4.69) is 15.1 Å². The first-order valence-corrected chi connectivity index (χ1v) is 9.21. The van der Waals surface area contributed by atoms with E-state index in [0.717, 1.165) is 29.5 Å². The van der Waals surface area contributed by atoms with Gasteiger partial charge in [0.2, 0.25) is 5.82 Å². The van der Waals surface area contributed by atoms with Crippen molar-refractivity contribution in [1.29, 1.82) is 0 Å². The number of aromatic nitrogens is 4. The zero-order chi connectivity index (χ0) is 17.4. The van der Waals surface area contributed by atoms with Gasteiger partial charge in [0.25, 0.3) is 5.91 Å². The molecule has 0 spiro atoms. The minimum atomic E-state index is -0.399. The Morgan fingerprint density at radius 3 is 2.76 bits per heavy atom. The molecule has 0 fully saturated rings. The van der Waals surface area contributed by atoms with Gasteiger partial charge in [0.1, 0.15) is 11.2 Å². The van der Waals surface area contributed by atoms with E-state index < -0.39 is 5.91 Å². The van der Waals surface area contributed by atoms with Gasteiger partial charge in [0.15, 0.2) is 5.65 Å². The number of carbonyl (C=O) groups is 1. The van der Waals surface area contributed by atoms with Crippen molar-refractivity contribution in [1.82, 2.24) is 24.5 Å². The molecular formula is C16H19N5O3S. The summed E-state index contributed by atoms with van der Waals surface area (Å²) in [5.74, 6) is -0.337. The van der Waals surface area contributed by atoms with E-state index in [-0.39, 0.29) is 32.1 Å². The Hall–Kier alpha value is -2.10. The second-order valence-electron chi connectivity index (χ2n) is 6.08. The standard InChI is InChI=1S/C16H19N5O3S/c22-7-5-20(6-8-23)16(24)13-18-14-12-10-3-1-2-4-11(10)25-15(12)17-9-21(14)19-13/h9,22-23H,1-8H2. The van der Waals surface area contributed by atoms with Gasteiger partial charge in [-0.3, -0.25) is 4.79 Å². The third kappa shape index (κ3) is 2.78. The summed E-state index contributed by atoms with van der Waals surface area (Å²) in [4.78, 5) is 25.2. The van der Waals surface area contributed by atoms with E-state index >= 15 is 0 Å². The van der Waals surface area contributed by atoms with E-state index in [1.165, 1.54) is 21.8 Å². The molecule has 132 valence electrons. The molecule has 3 heterocycles. The summed E-state index contributed by atoms with van der Waals surface area (Å²) in [5, 5.41) is 23.5. The quantitative estimate of drug-likeness (QED) is 0.691. The number of aliphatic hydroxyl groups excluding tert-OH is 2. The van der Waals surface area contributed by atoms with Crippen molar-refractivity contribution < 1.29 is 15.0 Å². The summed E-state index contributed by atoms with van der Waals surface area (Å²) in [6, 6.07) is 0. The van der Waals surface area contributed by atoms with Crippen LogP contribution in [0, 0.1) is 0 Å². The minimum absolute atomic E-state index is 0.0620. The zero-order valence-corrected chi connectivity index (χ0v) is 14.5. The molecule has 2 N–H and O–H groups in total. The summed E-state index contributed by atoms with van der Waals surface area (Å²) in [7, 11) is 0. The lowest BCUT2D eigenvalue weighted by atomic mass is 9.97. The number of fused-ring (bicyclic) bond motifs is 5. The van der Waals surface area contributed by atoms with Crippen LogP contribution in [-0.4, -0.2) is 66.9 Å². The van der Waals surface area contributed by atoms with Gasteiger partial charge in [-0.15, -0.1) is 16.4 Å². The van der Waals surface area contributed by atoms with E-state index in [1.54, 1.807) is 22.2 Å². The number of hydrogen-bond acceptors (Lipinski definition) is 7. The highest BCUT2D eigenvalue weighted by Crippen LogP contribution is 2.36. The lowest BCUT2D eigenvalue weighted by Gasteiger charge is -2.18. The number of carbonyl (C=O) groups excluding carboxylic acids is 1.